The summed E-state index contributed by atoms with van der Waals surface area (Å²) >= 11 is 0. The topological polar surface area (TPSA) is 69.3 Å². The molecule has 0 spiro atoms. The number of nitrogens with one attached hydrogen (secondary N) is 1. The zero-order chi connectivity index (χ0) is 25.9. The van der Waals surface area contributed by atoms with Crippen LogP contribution in [0.4, 0.5) is 5.69 Å². The molecule has 6 rings (SSSR count). The van der Waals surface area contributed by atoms with Crippen molar-refractivity contribution in [3.8, 4) is 28.4 Å². The molecule has 7 nitrogen and oxygen atoms in total. The van der Waals surface area contributed by atoms with Crippen molar-refractivity contribution in [1.82, 2.24) is 4.90 Å². The highest BCUT2D eigenvalue weighted by Crippen LogP contribution is 2.37. The van der Waals surface area contributed by atoms with E-state index in [0.29, 0.717) is 24.6 Å². The summed E-state index contributed by atoms with van der Waals surface area (Å²) in [6.45, 7) is 3.25. The Morgan fingerprint density at radius 1 is 0.868 bits per heavy atom. The largest absolute Gasteiger partial charge is 0.493 e. The molecule has 3 aliphatic rings. The van der Waals surface area contributed by atoms with Gasteiger partial charge >= 0.3 is 0 Å². The van der Waals surface area contributed by atoms with Gasteiger partial charge in [0, 0.05) is 49.0 Å². The standard InChI is InChI=1S/C31H32N2O5/c1-33(27-11-13-35-14-12-27)19-21-2-6-26(7-3-21)32-31(34)24-10-15-36-28-8-4-22(16-25(28)17-24)23-5-9-29-30(18-23)38-20-37-29/h2-9,16-18,27H,10-15,19-20H2,1H3,(H,32,34). The molecule has 1 fully saturated rings. The summed E-state index contributed by atoms with van der Waals surface area (Å²) in [5.74, 6) is 2.16. The first-order valence-electron chi connectivity index (χ1n) is 13.2. The number of benzene rings is 3. The van der Waals surface area contributed by atoms with E-state index in [1.54, 1.807) is 0 Å². The summed E-state index contributed by atoms with van der Waals surface area (Å²) in [5, 5.41) is 3.07. The Kier molecular flexibility index (Phi) is 7.03. The molecule has 7 heteroatoms. The average Bonchev–Trinajstić information content (AvgIpc) is 3.32. The second kappa shape index (κ2) is 10.9. The Morgan fingerprint density at radius 2 is 1.61 bits per heavy atom. The number of rotatable bonds is 6. The van der Waals surface area contributed by atoms with Crippen molar-refractivity contribution < 1.29 is 23.7 Å². The van der Waals surface area contributed by atoms with Crippen LogP contribution in [0.1, 0.15) is 30.4 Å². The van der Waals surface area contributed by atoms with Crippen LogP contribution in [0.3, 0.4) is 0 Å². The number of fused-ring (bicyclic) bond motifs is 2. The lowest BCUT2D eigenvalue weighted by atomic mass is 10.0. The van der Waals surface area contributed by atoms with Gasteiger partial charge in [0.25, 0.3) is 5.91 Å². The maximum absolute atomic E-state index is 13.2. The molecule has 0 aromatic heterocycles. The normalized spacial score (nSPS) is 16.8. The molecule has 3 aromatic rings. The molecule has 0 bridgehead atoms. The van der Waals surface area contributed by atoms with Crippen molar-refractivity contribution in [3.05, 3.63) is 77.4 Å². The third kappa shape index (κ3) is 5.39. The van der Waals surface area contributed by atoms with Crippen LogP contribution in [0.25, 0.3) is 17.2 Å². The molecule has 1 amide bonds. The van der Waals surface area contributed by atoms with Crippen molar-refractivity contribution >= 4 is 17.7 Å². The van der Waals surface area contributed by atoms with Crippen molar-refractivity contribution in [2.24, 2.45) is 0 Å². The first kappa shape index (κ1) is 24.5. The molecule has 196 valence electrons. The van der Waals surface area contributed by atoms with Gasteiger partial charge in [-0.15, -0.1) is 0 Å². The van der Waals surface area contributed by atoms with E-state index >= 15 is 0 Å². The maximum atomic E-state index is 13.2. The van der Waals surface area contributed by atoms with Crippen molar-refractivity contribution in [2.45, 2.75) is 31.8 Å². The molecule has 0 saturated carbocycles. The average molecular weight is 513 g/mol. The van der Waals surface area contributed by atoms with Crippen molar-refractivity contribution in [1.29, 1.82) is 0 Å². The van der Waals surface area contributed by atoms with E-state index in [1.807, 2.05) is 48.5 Å². The second-order valence-electron chi connectivity index (χ2n) is 10.00. The Hall–Kier alpha value is -3.81. The van der Waals surface area contributed by atoms with E-state index in [-0.39, 0.29) is 12.7 Å². The molecule has 38 heavy (non-hydrogen) atoms. The van der Waals surface area contributed by atoms with Crippen LogP contribution < -0.4 is 19.5 Å². The van der Waals surface area contributed by atoms with Crippen LogP contribution in [-0.2, 0) is 16.1 Å². The number of carbonyl (C=O) groups is 1. The predicted octanol–water partition coefficient (Wildman–Crippen LogP) is 5.50. The molecule has 0 atom stereocenters. The van der Waals surface area contributed by atoms with Crippen LogP contribution >= 0.6 is 0 Å². The van der Waals surface area contributed by atoms with Gasteiger partial charge in [0.2, 0.25) is 6.79 Å². The summed E-state index contributed by atoms with van der Waals surface area (Å²) in [6, 6.07) is 20.6. The van der Waals surface area contributed by atoms with Crippen LogP contribution in [0.2, 0.25) is 0 Å². The van der Waals surface area contributed by atoms with Crippen LogP contribution in [0.5, 0.6) is 17.2 Å². The Morgan fingerprint density at radius 3 is 2.42 bits per heavy atom. The lowest BCUT2D eigenvalue weighted by Gasteiger charge is -2.31. The van der Waals surface area contributed by atoms with Gasteiger partial charge in [-0.05, 0) is 79.1 Å². The van der Waals surface area contributed by atoms with Gasteiger partial charge in [0.05, 0.1) is 6.61 Å². The summed E-state index contributed by atoms with van der Waals surface area (Å²) in [4.78, 5) is 15.6. The molecule has 1 saturated heterocycles. The van der Waals surface area contributed by atoms with Gasteiger partial charge in [0.15, 0.2) is 11.5 Å². The van der Waals surface area contributed by atoms with Gasteiger partial charge in [-0.1, -0.05) is 24.3 Å². The van der Waals surface area contributed by atoms with Gasteiger partial charge in [-0.25, -0.2) is 0 Å². The van der Waals surface area contributed by atoms with E-state index in [4.69, 9.17) is 18.9 Å². The predicted molar refractivity (Wildman–Crippen MR) is 146 cm³/mol. The molecule has 3 heterocycles. The van der Waals surface area contributed by atoms with Crippen LogP contribution in [-0.4, -0.2) is 50.5 Å². The van der Waals surface area contributed by atoms with Gasteiger partial charge in [-0.2, -0.15) is 0 Å². The van der Waals surface area contributed by atoms with Gasteiger partial charge < -0.3 is 24.3 Å². The minimum absolute atomic E-state index is 0.109. The number of ether oxygens (including phenoxy) is 4. The first-order valence-corrected chi connectivity index (χ1v) is 13.2. The Labute approximate surface area is 223 Å². The first-order chi connectivity index (χ1) is 18.6. The quantitative estimate of drug-likeness (QED) is 0.471. The SMILES string of the molecule is CN(Cc1ccc(NC(=O)C2=Cc3cc(-c4ccc5c(c4)OCO5)ccc3OCC2)cc1)C1CCOCC1. The zero-order valence-corrected chi connectivity index (χ0v) is 21.6. The fraction of sp³-hybridized carbons (Fsp3) is 0.323. The van der Waals surface area contributed by atoms with Crippen LogP contribution in [0.15, 0.2) is 66.2 Å². The Balaban J connectivity index is 1.14. The minimum Gasteiger partial charge on any atom is -0.493 e. The fourth-order valence-corrected chi connectivity index (χ4v) is 5.21. The number of nitrogens with zero attached hydrogens (tertiary/aromatic N) is 1. The molecule has 1 N–H and O–H groups in total. The molecular weight excluding hydrogens is 480 g/mol. The van der Waals surface area contributed by atoms with E-state index in [1.165, 1.54) is 5.56 Å². The summed E-state index contributed by atoms with van der Waals surface area (Å²) in [7, 11) is 2.17. The number of hydrogen-bond acceptors (Lipinski definition) is 6. The minimum atomic E-state index is -0.109. The highest BCUT2D eigenvalue weighted by atomic mass is 16.7. The summed E-state index contributed by atoms with van der Waals surface area (Å²) in [6.07, 6.45) is 4.62. The third-order valence-electron chi connectivity index (χ3n) is 7.42. The molecule has 0 aliphatic carbocycles. The van der Waals surface area contributed by atoms with Crippen LogP contribution in [0, 0.1) is 0 Å². The smallest absolute Gasteiger partial charge is 0.251 e. The number of anilines is 1. The highest BCUT2D eigenvalue weighted by molar-refractivity contribution is 6.07. The molecule has 3 aromatic carbocycles. The molecule has 3 aliphatic heterocycles. The molecular formula is C31H32N2O5. The van der Waals surface area contributed by atoms with E-state index in [2.05, 4.69) is 35.5 Å². The molecule has 0 unspecified atom stereocenters. The Bertz CT molecular complexity index is 1340. The lowest BCUT2D eigenvalue weighted by Crippen LogP contribution is -2.36. The second-order valence-corrected chi connectivity index (χ2v) is 10.00. The number of amides is 1. The van der Waals surface area contributed by atoms with Gasteiger partial charge in [-0.3, -0.25) is 9.69 Å². The monoisotopic (exact) mass is 512 g/mol. The third-order valence-corrected chi connectivity index (χ3v) is 7.42. The number of carbonyl (C=O) groups excluding carboxylic acids is 1. The lowest BCUT2D eigenvalue weighted by molar-refractivity contribution is -0.113. The van der Waals surface area contributed by atoms with Gasteiger partial charge in [0.1, 0.15) is 5.75 Å². The van der Waals surface area contributed by atoms with Crippen molar-refractivity contribution in [3.63, 3.8) is 0 Å². The van der Waals surface area contributed by atoms with E-state index in [9.17, 15) is 4.79 Å². The van der Waals surface area contributed by atoms with E-state index < -0.39 is 0 Å². The van der Waals surface area contributed by atoms with Crippen molar-refractivity contribution in [2.75, 3.05) is 39.0 Å². The fourth-order valence-electron chi connectivity index (χ4n) is 5.21. The zero-order valence-electron chi connectivity index (χ0n) is 21.6. The summed E-state index contributed by atoms with van der Waals surface area (Å²) < 4.78 is 22.4. The number of hydrogen-bond donors (Lipinski definition) is 1. The highest BCUT2D eigenvalue weighted by Gasteiger charge is 2.20. The maximum Gasteiger partial charge on any atom is 0.251 e. The van der Waals surface area contributed by atoms with E-state index in [0.717, 1.165) is 72.2 Å². The molecule has 0 radical (unpaired) electrons. The summed E-state index contributed by atoms with van der Waals surface area (Å²) in [5.41, 5.74) is 5.62.